The fourth-order valence-corrected chi connectivity index (χ4v) is 3.68. The van der Waals surface area contributed by atoms with Gasteiger partial charge in [0.2, 0.25) is 0 Å². The third kappa shape index (κ3) is 2.45. The molecule has 1 aromatic rings. The Balaban J connectivity index is 1.72. The van der Waals surface area contributed by atoms with E-state index in [2.05, 4.69) is 30.4 Å². The van der Waals surface area contributed by atoms with E-state index in [9.17, 15) is 5.11 Å². The highest BCUT2D eigenvalue weighted by Crippen LogP contribution is 2.37. The Morgan fingerprint density at radius 2 is 2.10 bits per heavy atom. The molecule has 1 aromatic carbocycles. The van der Waals surface area contributed by atoms with Crippen LogP contribution >= 0.6 is 0 Å². The van der Waals surface area contributed by atoms with E-state index in [1.165, 1.54) is 43.2 Å². The van der Waals surface area contributed by atoms with Crippen LogP contribution in [-0.4, -0.2) is 36.2 Å². The highest BCUT2D eigenvalue weighted by Gasteiger charge is 2.39. The molecule has 1 saturated carbocycles. The van der Waals surface area contributed by atoms with Crippen LogP contribution in [0.2, 0.25) is 0 Å². The Hall–Kier alpha value is -1.06. The van der Waals surface area contributed by atoms with Gasteiger partial charge < -0.3 is 15.3 Å². The normalized spacial score (nSPS) is 24.2. The smallest absolute Gasteiger partial charge is 0.115 e. The predicted octanol–water partition coefficient (Wildman–Crippen LogP) is 2.84. The highest BCUT2D eigenvalue weighted by atomic mass is 16.3. The highest BCUT2D eigenvalue weighted by molar-refractivity contribution is 5.38. The maximum absolute atomic E-state index is 9.74. The van der Waals surface area contributed by atoms with Crippen molar-refractivity contribution in [3.8, 4) is 5.75 Å². The van der Waals surface area contributed by atoms with E-state index in [0.29, 0.717) is 17.3 Å². The van der Waals surface area contributed by atoms with Gasteiger partial charge in [0.15, 0.2) is 0 Å². The Morgan fingerprint density at radius 1 is 1.30 bits per heavy atom. The maximum atomic E-state index is 9.74. The Morgan fingerprint density at radius 3 is 2.75 bits per heavy atom. The molecule has 2 aliphatic carbocycles. The van der Waals surface area contributed by atoms with Crippen molar-refractivity contribution in [1.82, 2.24) is 10.2 Å². The first-order chi connectivity index (χ1) is 9.61. The van der Waals surface area contributed by atoms with Gasteiger partial charge >= 0.3 is 0 Å². The summed E-state index contributed by atoms with van der Waals surface area (Å²) in [5, 5.41) is 13.5. The van der Waals surface area contributed by atoms with Gasteiger partial charge in [-0.15, -0.1) is 0 Å². The zero-order valence-corrected chi connectivity index (χ0v) is 12.7. The lowest BCUT2D eigenvalue weighted by Crippen LogP contribution is -2.56. The van der Waals surface area contributed by atoms with Crippen molar-refractivity contribution in [3.05, 3.63) is 29.3 Å². The van der Waals surface area contributed by atoms with Gasteiger partial charge in [-0.1, -0.05) is 6.07 Å². The molecule has 2 aliphatic rings. The maximum Gasteiger partial charge on any atom is 0.115 e. The molecule has 0 aliphatic heterocycles. The number of phenolic OH excluding ortho intramolecular Hbond substituents is 1. The molecule has 0 spiro atoms. The molecular formula is C17H26N2O. The van der Waals surface area contributed by atoms with Crippen LogP contribution in [0.4, 0.5) is 0 Å². The van der Waals surface area contributed by atoms with Gasteiger partial charge in [-0.2, -0.15) is 0 Å². The number of aromatic hydroxyl groups is 1. The molecule has 20 heavy (non-hydrogen) atoms. The van der Waals surface area contributed by atoms with Crippen molar-refractivity contribution in [2.75, 3.05) is 20.6 Å². The van der Waals surface area contributed by atoms with Crippen molar-refractivity contribution in [1.29, 1.82) is 0 Å². The Labute approximate surface area is 122 Å². The molecule has 3 nitrogen and oxygen atoms in total. The minimum absolute atomic E-state index is 0.356. The molecule has 2 N–H and O–H groups in total. The lowest BCUT2D eigenvalue weighted by atomic mass is 9.75. The van der Waals surface area contributed by atoms with Gasteiger partial charge in [0.1, 0.15) is 5.75 Å². The summed E-state index contributed by atoms with van der Waals surface area (Å²) in [5.74, 6) is 0.392. The van der Waals surface area contributed by atoms with Crippen LogP contribution < -0.4 is 5.32 Å². The average Bonchev–Trinajstić information content (AvgIpc) is 2.37. The average molecular weight is 274 g/mol. The van der Waals surface area contributed by atoms with Crippen molar-refractivity contribution >= 4 is 0 Å². The number of rotatable bonds is 4. The van der Waals surface area contributed by atoms with E-state index < -0.39 is 0 Å². The van der Waals surface area contributed by atoms with Crippen LogP contribution in [0.5, 0.6) is 5.75 Å². The van der Waals surface area contributed by atoms with E-state index in [1.54, 1.807) is 0 Å². The molecule has 0 saturated heterocycles. The number of hydrogen-bond acceptors (Lipinski definition) is 3. The standard InChI is InChI=1S/C17H26N2O/c1-19(2)17(9-4-10-17)12-18-16-6-3-5-13-7-8-14(20)11-15(13)16/h7-8,11,16,18,20H,3-6,9-10,12H2,1-2H3. The first kappa shape index (κ1) is 13.9. The molecule has 110 valence electrons. The molecule has 0 heterocycles. The number of hydrogen-bond donors (Lipinski definition) is 2. The molecule has 0 radical (unpaired) electrons. The molecule has 1 atom stereocenters. The van der Waals surface area contributed by atoms with Crippen LogP contribution in [0.1, 0.15) is 49.3 Å². The third-order valence-electron chi connectivity index (χ3n) is 5.35. The predicted molar refractivity (Wildman–Crippen MR) is 82.1 cm³/mol. The zero-order chi connectivity index (χ0) is 14.2. The Bertz CT molecular complexity index is 480. The lowest BCUT2D eigenvalue weighted by molar-refractivity contribution is 0.0564. The van der Waals surface area contributed by atoms with Crippen LogP contribution in [-0.2, 0) is 6.42 Å². The lowest BCUT2D eigenvalue weighted by Gasteiger charge is -2.48. The zero-order valence-electron chi connectivity index (χ0n) is 12.7. The summed E-state index contributed by atoms with van der Waals surface area (Å²) in [6.07, 6.45) is 7.51. The van der Waals surface area contributed by atoms with Crippen LogP contribution in [0.3, 0.4) is 0 Å². The SMILES string of the molecule is CN(C)C1(CNC2CCCc3ccc(O)cc32)CCC1. The molecule has 3 rings (SSSR count). The first-order valence-electron chi connectivity index (χ1n) is 7.83. The fraction of sp³-hybridized carbons (Fsp3) is 0.647. The Kier molecular flexibility index (Phi) is 3.74. The summed E-state index contributed by atoms with van der Waals surface area (Å²) >= 11 is 0. The van der Waals surface area contributed by atoms with Gasteiger partial charge in [0, 0.05) is 18.1 Å². The summed E-state index contributed by atoms with van der Waals surface area (Å²) in [6, 6.07) is 6.26. The molecule has 0 aromatic heterocycles. The van der Waals surface area contributed by atoms with Gasteiger partial charge in [0.05, 0.1) is 0 Å². The molecule has 0 bridgehead atoms. The van der Waals surface area contributed by atoms with Gasteiger partial charge in [-0.3, -0.25) is 0 Å². The van der Waals surface area contributed by atoms with Crippen LogP contribution in [0, 0.1) is 0 Å². The van der Waals surface area contributed by atoms with E-state index in [0.717, 1.165) is 13.0 Å². The summed E-state index contributed by atoms with van der Waals surface area (Å²) in [7, 11) is 4.39. The second-order valence-corrected chi connectivity index (χ2v) is 6.68. The van der Waals surface area contributed by atoms with Crippen molar-refractivity contribution in [3.63, 3.8) is 0 Å². The molecular weight excluding hydrogens is 248 g/mol. The van der Waals surface area contributed by atoms with Crippen molar-refractivity contribution in [2.24, 2.45) is 0 Å². The number of nitrogens with zero attached hydrogens (tertiary/aromatic N) is 1. The minimum Gasteiger partial charge on any atom is -0.508 e. The van der Waals surface area contributed by atoms with Gasteiger partial charge in [-0.25, -0.2) is 0 Å². The second-order valence-electron chi connectivity index (χ2n) is 6.68. The van der Waals surface area contributed by atoms with E-state index in [4.69, 9.17) is 0 Å². The molecule has 0 amide bonds. The number of likely N-dealkylation sites (N-methyl/N-ethyl adjacent to an activating group) is 1. The second kappa shape index (κ2) is 5.38. The largest absolute Gasteiger partial charge is 0.508 e. The summed E-state index contributed by atoms with van der Waals surface area (Å²) in [6.45, 7) is 1.06. The molecule has 3 heteroatoms. The van der Waals surface area contributed by atoms with E-state index in [-0.39, 0.29) is 0 Å². The monoisotopic (exact) mass is 274 g/mol. The van der Waals surface area contributed by atoms with Gasteiger partial charge in [-0.05, 0) is 75.9 Å². The third-order valence-corrected chi connectivity index (χ3v) is 5.35. The summed E-state index contributed by atoms with van der Waals surface area (Å²) in [5.41, 5.74) is 3.07. The minimum atomic E-state index is 0.356. The summed E-state index contributed by atoms with van der Waals surface area (Å²) < 4.78 is 0. The van der Waals surface area contributed by atoms with Gasteiger partial charge in [0.25, 0.3) is 0 Å². The quantitative estimate of drug-likeness (QED) is 0.886. The molecule has 1 unspecified atom stereocenters. The summed E-state index contributed by atoms with van der Waals surface area (Å²) in [4.78, 5) is 2.38. The molecule has 1 fully saturated rings. The first-order valence-corrected chi connectivity index (χ1v) is 7.83. The van der Waals surface area contributed by atoms with Crippen LogP contribution in [0.15, 0.2) is 18.2 Å². The van der Waals surface area contributed by atoms with E-state index in [1.807, 2.05) is 12.1 Å². The van der Waals surface area contributed by atoms with Crippen molar-refractivity contribution in [2.45, 2.75) is 50.1 Å². The van der Waals surface area contributed by atoms with Crippen molar-refractivity contribution < 1.29 is 5.11 Å². The fourth-order valence-electron chi connectivity index (χ4n) is 3.68. The van der Waals surface area contributed by atoms with Crippen LogP contribution in [0.25, 0.3) is 0 Å². The number of phenols is 1. The number of nitrogens with one attached hydrogen (secondary N) is 1. The topological polar surface area (TPSA) is 35.5 Å². The number of benzene rings is 1. The number of aryl methyl sites for hydroxylation is 1. The van der Waals surface area contributed by atoms with E-state index >= 15 is 0 Å². The number of fused-ring (bicyclic) bond motifs is 1.